The van der Waals surface area contributed by atoms with E-state index >= 15 is 0 Å². The van der Waals surface area contributed by atoms with Gasteiger partial charge in [-0.05, 0) is 25.0 Å². The van der Waals surface area contributed by atoms with Crippen molar-refractivity contribution in [3.05, 3.63) is 23.8 Å². The molecule has 19 heavy (non-hydrogen) atoms. The molecule has 4 nitrogen and oxygen atoms in total. The van der Waals surface area contributed by atoms with Crippen molar-refractivity contribution in [3.63, 3.8) is 0 Å². The number of halogens is 1. The molecule has 1 saturated heterocycles. The van der Waals surface area contributed by atoms with Crippen LogP contribution in [0.2, 0.25) is 0 Å². The summed E-state index contributed by atoms with van der Waals surface area (Å²) < 4.78 is 11.1. The fraction of sp³-hybridized carbons (Fsp3) is 0.500. The maximum Gasteiger partial charge on any atom is 0.257 e. The zero-order chi connectivity index (χ0) is 13.2. The maximum atomic E-state index is 12.6. The Morgan fingerprint density at radius 2 is 1.95 bits per heavy atom. The van der Waals surface area contributed by atoms with Gasteiger partial charge in [-0.25, -0.2) is 0 Å². The molecule has 2 heterocycles. The topological polar surface area (TPSA) is 38.8 Å². The number of nitrogens with zero attached hydrogens (tertiary/aromatic N) is 1. The zero-order valence-electron chi connectivity index (χ0n) is 10.6. The molecule has 0 N–H and O–H groups in total. The third-order valence-corrected chi connectivity index (χ3v) is 4.42. The van der Waals surface area contributed by atoms with Crippen LogP contribution in [-0.4, -0.2) is 41.9 Å². The van der Waals surface area contributed by atoms with Gasteiger partial charge in [-0.3, -0.25) is 4.79 Å². The quantitative estimate of drug-likeness (QED) is 0.744. The van der Waals surface area contributed by atoms with Crippen molar-refractivity contribution in [1.82, 2.24) is 4.90 Å². The van der Waals surface area contributed by atoms with E-state index in [1.165, 1.54) is 0 Å². The Morgan fingerprint density at radius 1 is 1.21 bits per heavy atom. The SMILES string of the molecule is O=C(c1cccc2c1OCCO2)N1CCC(Br)CC1. The number of likely N-dealkylation sites (tertiary alicyclic amines) is 1. The van der Waals surface area contributed by atoms with Gasteiger partial charge in [0.25, 0.3) is 5.91 Å². The lowest BCUT2D eigenvalue weighted by Crippen LogP contribution is -2.39. The first-order chi connectivity index (χ1) is 9.25. The predicted octanol–water partition coefficient (Wildman–Crippen LogP) is 2.46. The van der Waals surface area contributed by atoms with Crippen molar-refractivity contribution in [2.45, 2.75) is 17.7 Å². The Labute approximate surface area is 120 Å². The molecule has 1 aromatic rings. The molecule has 1 fully saturated rings. The van der Waals surface area contributed by atoms with Crippen LogP contribution in [0.5, 0.6) is 11.5 Å². The van der Waals surface area contributed by atoms with E-state index in [9.17, 15) is 4.79 Å². The van der Waals surface area contributed by atoms with Crippen LogP contribution in [0, 0.1) is 0 Å². The fourth-order valence-electron chi connectivity index (χ4n) is 2.46. The van der Waals surface area contributed by atoms with E-state index in [4.69, 9.17) is 9.47 Å². The van der Waals surface area contributed by atoms with Gasteiger partial charge in [0, 0.05) is 17.9 Å². The molecular weight excluding hydrogens is 310 g/mol. The maximum absolute atomic E-state index is 12.6. The molecular formula is C14H16BrNO3. The molecule has 0 saturated carbocycles. The molecule has 2 aliphatic rings. The normalized spacial score (nSPS) is 19.3. The number of benzene rings is 1. The van der Waals surface area contributed by atoms with Crippen molar-refractivity contribution in [3.8, 4) is 11.5 Å². The van der Waals surface area contributed by atoms with Crippen LogP contribution in [0.4, 0.5) is 0 Å². The smallest absolute Gasteiger partial charge is 0.257 e. The Hall–Kier alpha value is -1.23. The standard InChI is InChI=1S/C14H16BrNO3/c15-10-4-6-16(7-5-10)14(17)11-2-1-3-12-13(11)19-9-8-18-12/h1-3,10H,4-9H2. The number of rotatable bonds is 1. The third-order valence-electron chi connectivity index (χ3n) is 3.51. The summed E-state index contributed by atoms with van der Waals surface area (Å²) >= 11 is 3.60. The second-order valence-corrected chi connectivity index (χ2v) is 6.09. The Bertz CT molecular complexity index is 484. The Morgan fingerprint density at radius 3 is 2.74 bits per heavy atom. The number of para-hydroxylation sites is 1. The molecule has 2 aliphatic heterocycles. The number of hydrogen-bond donors (Lipinski definition) is 0. The van der Waals surface area contributed by atoms with Crippen LogP contribution < -0.4 is 9.47 Å². The van der Waals surface area contributed by atoms with E-state index in [1.54, 1.807) is 0 Å². The highest BCUT2D eigenvalue weighted by atomic mass is 79.9. The van der Waals surface area contributed by atoms with Gasteiger partial charge in [-0.2, -0.15) is 0 Å². The average Bonchev–Trinajstić information content (AvgIpc) is 2.47. The minimum Gasteiger partial charge on any atom is -0.486 e. The second-order valence-electron chi connectivity index (χ2n) is 4.80. The van der Waals surface area contributed by atoms with Crippen molar-refractivity contribution in [2.75, 3.05) is 26.3 Å². The van der Waals surface area contributed by atoms with E-state index < -0.39 is 0 Å². The summed E-state index contributed by atoms with van der Waals surface area (Å²) in [5.74, 6) is 1.31. The van der Waals surface area contributed by atoms with Crippen molar-refractivity contribution >= 4 is 21.8 Å². The molecule has 1 aromatic carbocycles. The number of alkyl halides is 1. The predicted molar refractivity (Wildman–Crippen MR) is 75.3 cm³/mol. The van der Waals surface area contributed by atoms with Gasteiger partial charge in [0.2, 0.25) is 0 Å². The molecule has 0 radical (unpaired) electrons. The average molecular weight is 326 g/mol. The third kappa shape index (κ3) is 2.56. The van der Waals surface area contributed by atoms with Crippen molar-refractivity contribution in [1.29, 1.82) is 0 Å². The van der Waals surface area contributed by atoms with E-state index in [-0.39, 0.29) is 5.91 Å². The highest BCUT2D eigenvalue weighted by Crippen LogP contribution is 2.34. The highest BCUT2D eigenvalue weighted by molar-refractivity contribution is 9.09. The Kier molecular flexibility index (Phi) is 3.64. The number of amides is 1. The van der Waals surface area contributed by atoms with Crippen molar-refractivity contribution in [2.24, 2.45) is 0 Å². The fourth-order valence-corrected chi connectivity index (χ4v) is 2.87. The minimum absolute atomic E-state index is 0.0433. The molecule has 0 aliphatic carbocycles. The summed E-state index contributed by atoms with van der Waals surface area (Å²) in [7, 11) is 0. The van der Waals surface area contributed by atoms with Gasteiger partial charge in [-0.1, -0.05) is 22.0 Å². The molecule has 5 heteroatoms. The first kappa shape index (κ1) is 12.8. The molecule has 3 rings (SSSR count). The molecule has 0 bridgehead atoms. The highest BCUT2D eigenvalue weighted by Gasteiger charge is 2.26. The first-order valence-corrected chi connectivity index (χ1v) is 7.49. The summed E-state index contributed by atoms with van der Waals surface area (Å²) in [6, 6.07) is 5.50. The van der Waals surface area contributed by atoms with E-state index in [0.29, 0.717) is 35.1 Å². The van der Waals surface area contributed by atoms with Crippen LogP contribution in [0.15, 0.2) is 18.2 Å². The van der Waals surface area contributed by atoms with Crippen LogP contribution in [0.3, 0.4) is 0 Å². The van der Waals surface area contributed by atoms with Crippen LogP contribution in [-0.2, 0) is 0 Å². The summed E-state index contributed by atoms with van der Waals surface area (Å²) in [6.45, 7) is 2.62. The van der Waals surface area contributed by atoms with E-state index in [1.807, 2.05) is 23.1 Å². The number of hydrogen-bond acceptors (Lipinski definition) is 3. The molecule has 0 aromatic heterocycles. The van der Waals surface area contributed by atoms with E-state index in [0.717, 1.165) is 25.9 Å². The van der Waals surface area contributed by atoms with Gasteiger partial charge in [0.1, 0.15) is 13.2 Å². The van der Waals surface area contributed by atoms with Gasteiger partial charge in [-0.15, -0.1) is 0 Å². The molecule has 0 unspecified atom stereocenters. The van der Waals surface area contributed by atoms with Crippen molar-refractivity contribution < 1.29 is 14.3 Å². The van der Waals surface area contributed by atoms with Gasteiger partial charge in [0.15, 0.2) is 11.5 Å². The van der Waals surface area contributed by atoms with E-state index in [2.05, 4.69) is 15.9 Å². The van der Waals surface area contributed by atoms with Crippen LogP contribution >= 0.6 is 15.9 Å². The lowest BCUT2D eigenvalue weighted by Gasteiger charge is -2.30. The lowest BCUT2D eigenvalue weighted by atomic mass is 10.1. The number of carbonyl (C=O) groups excluding carboxylic acids is 1. The lowest BCUT2D eigenvalue weighted by molar-refractivity contribution is 0.0718. The number of piperidine rings is 1. The van der Waals surface area contributed by atoms with Crippen LogP contribution in [0.1, 0.15) is 23.2 Å². The molecule has 102 valence electrons. The molecule has 0 spiro atoms. The number of carbonyl (C=O) groups is 1. The summed E-state index contributed by atoms with van der Waals surface area (Å²) in [5.41, 5.74) is 0.616. The molecule has 1 amide bonds. The second kappa shape index (κ2) is 5.41. The number of fused-ring (bicyclic) bond motifs is 1. The minimum atomic E-state index is 0.0433. The van der Waals surface area contributed by atoms with Crippen LogP contribution in [0.25, 0.3) is 0 Å². The van der Waals surface area contributed by atoms with Gasteiger partial charge in [0.05, 0.1) is 5.56 Å². The van der Waals surface area contributed by atoms with Gasteiger partial charge >= 0.3 is 0 Å². The first-order valence-electron chi connectivity index (χ1n) is 6.57. The van der Waals surface area contributed by atoms with Gasteiger partial charge < -0.3 is 14.4 Å². The summed E-state index contributed by atoms with van der Waals surface area (Å²) in [5, 5.41) is 0. The number of ether oxygens (including phenoxy) is 2. The largest absolute Gasteiger partial charge is 0.486 e. The molecule has 0 atom stereocenters. The zero-order valence-corrected chi connectivity index (χ0v) is 12.2. The monoisotopic (exact) mass is 325 g/mol. The Balaban J connectivity index is 1.83. The summed E-state index contributed by atoms with van der Waals surface area (Å²) in [4.78, 5) is 15.0. The summed E-state index contributed by atoms with van der Waals surface area (Å²) in [6.07, 6.45) is 2.00.